The van der Waals surface area contributed by atoms with Crippen molar-refractivity contribution < 1.29 is 9.63 Å². The molecule has 1 atom stereocenters. The molecule has 0 aliphatic heterocycles. The maximum Gasteiger partial charge on any atom is 0.261 e. The number of rotatable bonds is 5. The molecule has 1 amide bonds. The van der Waals surface area contributed by atoms with Crippen molar-refractivity contribution in [3.8, 4) is 12.3 Å². The molecule has 3 N–H and O–H groups in total. The number of nitrogens with two attached hydrogens (primary N) is 1. The third-order valence-electron chi connectivity index (χ3n) is 1.93. The molecule has 4 nitrogen and oxygen atoms in total. The number of amides is 1. The maximum atomic E-state index is 11.3. The smallest absolute Gasteiger partial charge is 0.261 e. The number of carbonyl (C=O) groups is 1. The summed E-state index contributed by atoms with van der Waals surface area (Å²) in [7, 11) is 0. The summed E-state index contributed by atoms with van der Waals surface area (Å²) in [5, 5.41) is 0. The zero-order chi connectivity index (χ0) is 11.8. The minimum absolute atomic E-state index is 0.195. The van der Waals surface area contributed by atoms with Gasteiger partial charge in [-0.15, -0.1) is 12.3 Å². The number of nitrogens with one attached hydrogen (secondary N) is 1. The van der Waals surface area contributed by atoms with E-state index in [-0.39, 0.29) is 6.42 Å². The van der Waals surface area contributed by atoms with Gasteiger partial charge in [-0.1, -0.05) is 30.3 Å². The lowest BCUT2D eigenvalue weighted by Gasteiger charge is -2.09. The zero-order valence-electron chi connectivity index (χ0n) is 8.85. The SMILES string of the molecule is C#CCC(N)C(=O)NOCc1ccccc1. The second kappa shape index (κ2) is 6.62. The van der Waals surface area contributed by atoms with E-state index in [4.69, 9.17) is 17.0 Å². The fraction of sp³-hybridized carbons (Fsp3) is 0.250. The fourth-order valence-electron chi connectivity index (χ4n) is 1.06. The van der Waals surface area contributed by atoms with E-state index in [1.54, 1.807) is 0 Å². The summed E-state index contributed by atoms with van der Waals surface area (Å²) in [5.41, 5.74) is 8.69. The molecule has 1 rings (SSSR count). The fourth-order valence-corrected chi connectivity index (χ4v) is 1.06. The predicted molar refractivity (Wildman–Crippen MR) is 60.8 cm³/mol. The number of hydrogen-bond acceptors (Lipinski definition) is 3. The number of hydrogen-bond donors (Lipinski definition) is 2. The Morgan fingerprint density at radius 1 is 1.50 bits per heavy atom. The number of carbonyl (C=O) groups excluding carboxylic acids is 1. The Bertz CT molecular complexity index is 370. The van der Waals surface area contributed by atoms with E-state index in [9.17, 15) is 4.79 Å². The van der Waals surface area contributed by atoms with Crippen molar-refractivity contribution in [2.24, 2.45) is 5.73 Å². The molecule has 1 unspecified atom stereocenters. The number of benzene rings is 1. The normalized spacial score (nSPS) is 11.5. The average Bonchev–Trinajstić information content (AvgIpc) is 2.30. The van der Waals surface area contributed by atoms with E-state index in [0.717, 1.165) is 5.56 Å². The van der Waals surface area contributed by atoms with Gasteiger partial charge in [0.15, 0.2) is 0 Å². The van der Waals surface area contributed by atoms with Crippen molar-refractivity contribution in [1.29, 1.82) is 0 Å². The molecule has 16 heavy (non-hydrogen) atoms. The summed E-state index contributed by atoms with van der Waals surface area (Å²) in [5.74, 6) is 1.91. The van der Waals surface area contributed by atoms with E-state index in [1.807, 2.05) is 30.3 Å². The van der Waals surface area contributed by atoms with Gasteiger partial charge < -0.3 is 5.73 Å². The van der Waals surface area contributed by atoms with Gasteiger partial charge in [0.05, 0.1) is 12.6 Å². The van der Waals surface area contributed by atoms with Crippen molar-refractivity contribution in [3.63, 3.8) is 0 Å². The largest absolute Gasteiger partial charge is 0.319 e. The Kier molecular flexibility index (Phi) is 5.06. The molecule has 0 fully saturated rings. The molecule has 0 aromatic heterocycles. The Hall–Kier alpha value is -1.83. The molecule has 4 heteroatoms. The third kappa shape index (κ3) is 4.13. The van der Waals surface area contributed by atoms with Crippen LogP contribution < -0.4 is 11.2 Å². The van der Waals surface area contributed by atoms with Crippen LogP contribution in [0, 0.1) is 12.3 Å². The van der Waals surface area contributed by atoms with Crippen molar-refractivity contribution in [1.82, 2.24) is 5.48 Å². The molecule has 0 spiro atoms. The van der Waals surface area contributed by atoms with Crippen LogP contribution in [0.2, 0.25) is 0 Å². The summed E-state index contributed by atoms with van der Waals surface area (Å²) in [6.45, 7) is 0.301. The monoisotopic (exact) mass is 218 g/mol. The highest BCUT2D eigenvalue weighted by Crippen LogP contribution is 1.99. The highest BCUT2D eigenvalue weighted by molar-refractivity contribution is 5.80. The van der Waals surface area contributed by atoms with Gasteiger partial charge in [0.1, 0.15) is 0 Å². The van der Waals surface area contributed by atoms with E-state index in [2.05, 4.69) is 11.4 Å². The van der Waals surface area contributed by atoms with Crippen molar-refractivity contribution in [2.75, 3.05) is 0 Å². The highest BCUT2D eigenvalue weighted by atomic mass is 16.6. The first-order valence-corrected chi connectivity index (χ1v) is 4.88. The van der Waals surface area contributed by atoms with E-state index in [0.29, 0.717) is 6.61 Å². The molecule has 0 bridgehead atoms. The van der Waals surface area contributed by atoms with Gasteiger partial charge in [-0.2, -0.15) is 0 Å². The van der Waals surface area contributed by atoms with Gasteiger partial charge in [0, 0.05) is 6.42 Å². The Morgan fingerprint density at radius 2 is 2.19 bits per heavy atom. The second-order valence-electron chi connectivity index (χ2n) is 3.26. The first-order chi connectivity index (χ1) is 7.74. The molecule has 1 aromatic carbocycles. The lowest BCUT2D eigenvalue weighted by atomic mass is 10.2. The molecule has 0 radical (unpaired) electrons. The third-order valence-corrected chi connectivity index (χ3v) is 1.93. The molecule has 0 saturated carbocycles. The first kappa shape index (κ1) is 12.2. The van der Waals surface area contributed by atoms with Gasteiger partial charge in [0.2, 0.25) is 0 Å². The number of hydroxylamine groups is 1. The van der Waals surface area contributed by atoms with Crippen LogP contribution in [0.3, 0.4) is 0 Å². The molecular weight excluding hydrogens is 204 g/mol. The van der Waals surface area contributed by atoms with Crippen LogP contribution in [-0.2, 0) is 16.2 Å². The second-order valence-corrected chi connectivity index (χ2v) is 3.26. The molecule has 0 aliphatic rings. The highest BCUT2D eigenvalue weighted by Gasteiger charge is 2.11. The maximum absolute atomic E-state index is 11.3. The van der Waals surface area contributed by atoms with Gasteiger partial charge >= 0.3 is 0 Å². The molecule has 84 valence electrons. The van der Waals surface area contributed by atoms with Crippen LogP contribution in [0.5, 0.6) is 0 Å². The van der Waals surface area contributed by atoms with E-state index >= 15 is 0 Å². The average molecular weight is 218 g/mol. The Morgan fingerprint density at radius 3 is 2.81 bits per heavy atom. The van der Waals surface area contributed by atoms with Crippen molar-refractivity contribution in [2.45, 2.75) is 19.1 Å². The van der Waals surface area contributed by atoms with E-state index in [1.165, 1.54) is 0 Å². The molecule has 0 saturated heterocycles. The summed E-state index contributed by atoms with van der Waals surface area (Å²) >= 11 is 0. The van der Waals surface area contributed by atoms with Gasteiger partial charge in [-0.25, -0.2) is 5.48 Å². The van der Waals surface area contributed by atoms with Crippen LogP contribution in [-0.4, -0.2) is 11.9 Å². The van der Waals surface area contributed by atoms with Crippen LogP contribution in [0.1, 0.15) is 12.0 Å². The zero-order valence-corrected chi connectivity index (χ0v) is 8.85. The minimum atomic E-state index is -0.722. The van der Waals surface area contributed by atoms with Crippen LogP contribution >= 0.6 is 0 Å². The van der Waals surface area contributed by atoms with Crippen LogP contribution in [0.25, 0.3) is 0 Å². The molecule has 0 heterocycles. The Balaban J connectivity index is 2.26. The number of terminal acetylenes is 1. The first-order valence-electron chi connectivity index (χ1n) is 4.88. The van der Waals surface area contributed by atoms with Gasteiger partial charge in [-0.05, 0) is 5.56 Å². The van der Waals surface area contributed by atoms with Crippen LogP contribution in [0.4, 0.5) is 0 Å². The summed E-state index contributed by atoms with van der Waals surface area (Å²) in [6, 6.07) is 8.77. The van der Waals surface area contributed by atoms with Gasteiger partial charge in [-0.3, -0.25) is 9.63 Å². The topological polar surface area (TPSA) is 64.4 Å². The summed E-state index contributed by atoms with van der Waals surface area (Å²) in [4.78, 5) is 16.3. The quantitative estimate of drug-likeness (QED) is 0.561. The summed E-state index contributed by atoms with van der Waals surface area (Å²) in [6.07, 6.45) is 5.23. The molecule has 1 aromatic rings. The lowest BCUT2D eigenvalue weighted by molar-refractivity contribution is -0.135. The summed E-state index contributed by atoms with van der Waals surface area (Å²) < 4.78 is 0. The van der Waals surface area contributed by atoms with E-state index < -0.39 is 11.9 Å². The standard InChI is InChI=1S/C12H14N2O2/c1-2-6-11(13)12(15)14-16-9-10-7-4-3-5-8-10/h1,3-5,7-8,11H,6,9,13H2,(H,14,15). The predicted octanol–water partition coefficient (Wildman–Crippen LogP) is 0.585. The molecule has 0 aliphatic carbocycles. The van der Waals surface area contributed by atoms with Crippen molar-refractivity contribution in [3.05, 3.63) is 35.9 Å². The minimum Gasteiger partial charge on any atom is -0.319 e. The Labute approximate surface area is 94.7 Å². The van der Waals surface area contributed by atoms with Crippen molar-refractivity contribution >= 4 is 5.91 Å². The molecular formula is C12H14N2O2. The van der Waals surface area contributed by atoms with Crippen LogP contribution in [0.15, 0.2) is 30.3 Å². The lowest BCUT2D eigenvalue weighted by Crippen LogP contribution is -2.40. The van der Waals surface area contributed by atoms with Gasteiger partial charge in [0.25, 0.3) is 5.91 Å².